The van der Waals surface area contributed by atoms with Gasteiger partial charge in [0.2, 0.25) is 0 Å². The van der Waals surface area contributed by atoms with E-state index in [1.54, 1.807) is 0 Å². The summed E-state index contributed by atoms with van der Waals surface area (Å²) in [7, 11) is 0. The van der Waals surface area contributed by atoms with Gasteiger partial charge < -0.3 is 14.2 Å². The molecule has 6 nitrogen and oxygen atoms in total. The normalized spacial score (nSPS) is 12.8. The molecule has 1 atom stereocenters. The molecule has 0 aliphatic carbocycles. The van der Waals surface area contributed by atoms with Gasteiger partial charge in [-0.1, -0.05) is 259 Å². The second-order valence-corrected chi connectivity index (χ2v) is 17.9. The maximum absolute atomic E-state index is 12.8. The van der Waals surface area contributed by atoms with Crippen LogP contribution < -0.4 is 0 Å². The second-order valence-electron chi connectivity index (χ2n) is 17.9. The molecule has 0 aromatic carbocycles. The quantitative estimate of drug-likeness (QED) is 0.0262. The Morgan fingerprint density at radius 3 is 0.985 bits per heavy atom. The summed E-state index contributed by atoms with van der Waals surface area (Å²) in [4.78, 5) is 38.1. The molecule has 0 N–H and O–H groups in total. The van der Waals surface area contributed by atoms with Gasteiger partial charge in [0.1, 0.15) is 13.2 Å². The van der Waals surface area contributed by atoms with Crippen molar-refractivity contribution in [3.05, 3.63) is 97.2 Å². The molecule has 0 heterocycles. The van der Waals surface area contributed by atoms with Gasteiger partial charge in [0, 0.05) is 19.3 Å². The van der Waals surface area contributed by atoms with E-state index in [0.717, 1.165) is 64.2 Å². The Bertz CT molecular complexity index is 1330. The van der Waals surface area contributed by atoms with Crippen molar-refractivity contribution in [3.63, 3.8) is 0 Å². The molecule has 0 rings (SSSR count). The van der Waals surface area contributed by atoms with E-state index >= 15 is 0 Å². The van der Waals surface area contributed by atoms with Crippen LogP contribution in [0.1, 0.15) is 245 Å². The highest BCUT2D eigenvalue weighted by Crippen LogP contribution is 2.15. The van der Waals surface area contributed by atoms with Gasteiger partial charge in [0.25, 0.3) is 0 Å². The monoisotopic (exact) mass is 917 g/mol. The van der Waals surface area contributed by atoms with E-state index in [9.17, 15) is 14.4 Å². The number of rotatable bonds is 48. The van der Waals surface area contributed by atoms with Crippen LogP contribution in [0.4, 0.5) is 0 Å². The molecule has 0 aliphatic rings. The molecule has 0 aliphatic heterocycles. The zero-order valence-corrected chi connectivity index (χ0v) is 42.9. The summed E-state index contributed by atoms with van der Waals surface area (Å²) in [6.07, 6.45) is 71.0. The van der Waals surface area contributed by atoms with Crippen molar-refractivity contribution in [2.45, 2.75) is 252 Å². The van der Waals surface area contributed by atoms with Crippen LogP contribution in [0.2, 0.25) is 0 Å². The van der Waals surface area contributed by atoms with Crippen molar-refractivity contribution in [2.24, 2.45) is 0 Å². The van der Waals surface area contributed by atoms with E-state index in [2.05, 4.69) is 57.2 Å². The number of allylic oxidation sites excluding steroid dienone is 16. The molecule has 0 aromatic rings. The largest absolute Gasteiger partial charge is 0.462 e. The molecule has 0 fully saturated rings. The number of carbonyl (C=O) groups is 3. The maximum atomic E-state index is 12.8. The fourth-order valence-corrected chi connectivity index (χ4v) is 7.41. The van der Waals surface area contributed by atoms with Crippen molar-refractivity contribution in [1.29, 1.82) is 0 Å². The van der Waals surface area contributed by atoms with E-state index < -0.39 is 6.10 Å². The molecule has 6 heteroatoms. The molecule has 0 saturated carbocycles. The smallest absolute Gasteiger partial charge is 0.306 e. The number of esters is 3. The van der Waals surface area contributed by atoms with Crippen LogP contribution in [-0.4, -0.2) is 37.2 Å². The average Bonchev–Trinajstić information content (AvgIpc) is 3.31. The van der Waals surface area contributed by atoms with Crippen molar-refractivity contribution < 1.29 is 28.6 Å². The van der Waals surface area contributed by atoms with Crippen molar-refractivity contribution in [2.75, 3.05) is 13.2 Å². The summed E-state index contributed by atoms with van der Waals surface area (Å²) in [5.41, 5.74) is 0. The lowest BCUT2D eigenvalue weighted by molar-refractivity contribution is -0.167. The lowest BCUT2D eigenvalue weighted by Crippen LogP contribution is -2.30. The third kappa shape index (κ3) is 51.3. The number of carbonyl (C=O) groups excluding carboxylic acids is 3. The van der Waals surface area contributed by atoms with Crippen LogP contribution in [0.5, 0.6) is 0 Å². The topological polar surface area (TPSA) is 78.9 Å². The lowest BCUT2D eigenvalue weighted by atomic mass is 10.0. The molecular weight excluding hydrogens is 817 g/mol. The van der Waals surface area contributed by atoms with Crippen LogP contribution in [0.15, 0.2) is 97.2 Å². The molecule has 0 amide bonds. The van der Waals surface area contributed by atoms with Crippen LogP contribution in [0.25, 0.3) is 0 Å². The predicted molar refractivity (Wildman–Crippen MR) is 284 cm³/mol. The van der Waals surface area contributed by atoms with E-state index in [1.807, 2.05) is 60.8 Å². The van der Waals surface area contributed by atoms with Crippen LogP contribution in [-0.2, 0) is 28.6 Å². The number of unbranched alkanes of at least 4 members (excludes halogenated alkanes) is 27. The molecule has 66 heavy (non-hydrogen) atoms. The van der Waals surface area contributed by atoms with Gasteiger partial charge >= 0.3 is 17.9 Å². The Morgan fingerprint density at radius 1 is 0.318 bits per heavy atom. The van der Waals surface area contributed by atoms with Crippen molar-refractivity contribution in [3.8, 4) is 0 Å². The first kappa shape index (κ1) is 62.3. The first-order chi connectivity index (χ1) is 32.5. The minimum Gasteiger partial charge on any atom is -0.462 e. The standard InChI is InChI=1S/C60H100O6/c1-4-7-10-13-16-19-22-25-27-29-30-32-33-35-38-41-44-47-50-53-59(62)65-56-57(55-64-58(61)52-49-46-43-40-37-24-21-18-15-12-9-6-3)66-60(63)54-51-48-45-42-39-36-34-31-28-26-23-20-17-14-11-8-5-2/h8,11,14,16-17,19-20,22-23,25-26,28,31,34,36,39,57H,4-7,9-10,12-13,15,18,21,24,27,29-30,32-33,35,37-38,40-56H2,1-3H3/b11-8-,17-14-,19-16-,23-20-,25-22-,28-26-,34-31+,39-36-. The summed E-state index contributed by atoms with van der Waals surface area (Å²) in [6, 6.07) is 0. The Morgan fingerprint density at radius 2 is 0.591 bits per heavy atom. The first-order valence-electron chi connectivity index (χ1n) is 27.3. The van der Waals surface area contributed by atoms with E-state index in [1.165, 1.54) is 135 Å². The highest BCUT2D eigenvalue weighted by atomic mass is 16.6. The van der Waals surface area contributed by atoms with Crippen LogP contribution in [0.3, 0.4) is 0 Å². The number of hydrogen-bond donors (Lipinski definition) is 0. The summed E-state index contributed by atoms with van der Waals surface area (Å²) in [5, 5.41) is 0. The van der Waals surface area contributed by atoms with E-state index in [-0.39, 0.29) is 37.5 Å². The molecule has 0 radical (unpaired) electrons. The predicted octanol–water partition coefficient (Wildman–Crippen LogP) is 18.1. The zero-order chi connectivity index (χ0) is 47.9. The Kier molecular flexibility index (Phi) is 50.9. The highest BCUT2D eigenvalue weighted by molar-refractivity contribution is 5.71. The van der Waals surface area contributed by atoms with Gasteiger partial charge in [-0.25, -0.2) is 0 Å². The lowest BCUT2D eigenvalue weighted by Gasteiger charge is -2.18. The van der Waals surface area contributed by atoms with Crippen molar-refractivity contribution in [1.82, 2.24) is 0 Å². The van der Waals surface area contributed by atoms with Gasteiger partial charge in [0.05, 0.1) is 0 Å². The molecule has 0 spiro atoms. The minimum absolute atomic E-state index is 0.0957. The molecule has 0 bridgehead atoms. The van der Waals surface area contributed by atoms with Gasteiger partial charge in [-0.05, 0) is 64.2 Å². The third-order valence-electron chi connectivity index (χ3n) is 11.5. The molecule has 1 unspecified atom stereocenters. The number of ether oxygens (including phenoxy) is 3. The fourth-order valence-electron chi connectivity index (χ4n) is 7.41. The van der Waals surface area contributed by atoms with Crippen LogP contribution in [0, 0.1) is 0 Å². The summed E-state index contributed by atoms with van der Waals surface area (Å²) in [5.74, 6) is -0.942. The van der Waals surface area contributed by atoms with Gasteiger partial charge in [-0.15, -0.1) is 0 Å². The van der Waals surface area contributed by atoms with Gasteiger partial charge in [0.15, 0.2) is 6.10 Å². The fraction of sp³-hybridized carbons (Fsp3) is 0.683. The first-order valence-corrected chi connectivity index (χ1v) is 27.3. The van der Waals surface area contributed by atoms with Crippen molar-refractivity contribution >= 4 is 17.9 Å². The molecule has 0 aromatic heterocycles. The molecule has 0 saturated heterocycles. The summed E-state index contributed by atoms with van der Waals surface area (Å²) in [6.45, 7) is 6.43. The zero-order valence-electron chi connectivity index (χ0n) is 42.9. The number of hydrogen-bond acceptors (Lipinski definition) is 6. The minimum atomic E-state index is -0.801. The Balaban J connectivity index is 4.45. The maximum Gasteiger partial charge on any atom is 0.306 e. The van der Waals surface area contributed by atoms with Gasteiger partial charge in [-0.3, -0.25) is 14.4 Å². The van der Waals surface area contributed by atoms with Gasteiger partial charge in [-0.2, -0.15) is 0 Å². The Labute approximate surface area is 407 Å². The summed E-state index contributed by atoms with van der Waals surface area (Å²) >= 11 is 0. The second kappa shape index (κ2) is 53.9. The summed E-state index contributed by atoms with van der Waals surface area (Å²) < 4.78 is 16.8. The Hall–Kier alpha value is -3.67. The van der Waals surface area contributed by atoms with E-state index in [0.29, 0.717) is 19.3 Å². The SMILES string of the molecule is CC\C=C/C=C\C=C/C=C\C=C\C=C/CCCCCC(=O)OC(COC(=O)CCCCCCCCCCCC/C=C\C=C/CCCCC)COC(=O)CCCCCCCCCCCCCC. The highest BCUT2D eigenvalue weighted by Gasteiger charge is 2.19. The third-order valence-corrected chi connectivity index (χ3v) is 11.5. The molecular formula is C60H100O6. The molecule has 376 valence electrons. The van der Waals surface area contributed by atoms with E-state index in [4.69, 9.17) is 14.2 Å². The van der Waals surface area contributed by atoms with Crippen LogP contribution >= 0.6 is 0 Å². The average molecular weight is 917 g/mol.